The van der Waals surface area contributed by atoms with Gasteiger partial charge in [-0.3, -0.25) is 0 Å². The van der Waals surface area contributed by atoms with E-state index in [1.807, 2.05) is 0 Å². The smallest absolute Gasteiger partial charge is 0.0472 e. The molecule has 1 aliphatic rings. The zero-order chi connectivity index (χ0) is 8.97. The maximum atomic E-state index is 8.95. The number of aliphatic hydroxyl groups is 2. The van der Waals surface area contributed by atoms with Crippen LogP contribution in [0.1, 0.15) is 19.8 Å². The highest BCUT2D eigenvalue weighted by Gasteiger charge is 2.27. The largest absolute Gasteiger partial charge is 0.396 e. The van der Waals surface area contributed by atoms with E-state index in [2.05, 4.69) is 11.8 Å². The number of rotatable bonds is 4. The maximum absolute atomic E-state index is 8.95. The van der Waals surface area contributed by atoms with Gasteiger partial charge in [0, 0.05) is 32.3 Å². The van der Waals surface area contributed by atoms with Crippen molar-refractivity contribution in [3.8, 4) is 0 Å². The Morgan fingerprint density at radius 3 is 2.67 bits per heavy atom. The summed E-state index contributed by atoms with van der Waals surface area (Å²) in [5.74, 6) is 0.457. The molecule has 0 aliphatic carbocycles. The van der Waals surface area contributed by atoms with E-state index in [9.17, 15) is 0 Å². The van der Waals surface area contributed by atoms with Crippen molar-refractivity contribution in [3.05, 3.63) is 0 Å². The molecule has 1 saturated heterocycles. The van der Waals surface area contributed by atoms with Gasteiger partial charge in [0.25, 0.3) is 0 Å². The van der Waals surface area contributed by atoms with Gasteiger partial charge >= 0.3 is 0 Å². The van der Waals surface area contributed by atoms with Gasteiger partial charge in [-0.05, 0) is 25.7 Å². The minimum atomic E-state index is 0.271. The lowest BCUT2D eigenvalue weighted by molar-refractivity contribution is 0.202. The van der Waals surface area contributed by atoms with Crippen molar-refractivity contribution in [1.82, 2.24) is 4.90 Å². The first-order valence-corrected chi connectivity index (χ1v) is 4.73. The lowest BCUT2D eigenvalue weighted by Gasteiger charge is -2.19. The second-order valence-corrected chi connectivity index (χ2v) is 3.71. The molecule has 12 heavy (non-hydrogen) atoms. The van der Waals surface area contributed by atoms with Crippen molar-refractivity contribution in [2.24, 2.45) is 5.92 Å². The topological polar surface area (TPSA) is 43.7 Å². The second kappa shape index (κ2) is 4.80. The fourth-order valence-corrected chi connectivity index (χ4v) is 1.94. The predicted molar refractivity (Wildman–Crippen MR) is 47.9 cm³/mol. The van der Waals surface area contributed by atoms with Crippen molar-refractivity contribution >= 4 is 0 Å². The van der Waals surface area contributed by atoms with E-state index in [1.165, 1.54) is 0 Å². The number of nitrogens with zero attached hydrogens (tertiary/aromatic N) is 1. The Labute approximate surface area is 74.0 Å². The third-order valence-corrected chi connectivity index (χ3v) is 2.65. The van der Waals surface area contributed by atoms with Gasteiger partial charge in [0.05, 0.1) is 0 Å². The van der Waals surface area contributed by atoms with E-state index in [-0.39, 0.29) is 6.61 Å². The van der Waals surface area contributed by atoms with E-state index in [0.717, 1.165) is 25.9 Å². The fraction of sp³-hybridized carbons (Fsp3) is 1.00. The summed E-state index contributed by atoms with van der Waals surface area (Å²) in [7, 11) is 0. The first-order valence-electron chi connectivity index (χ1n) is 4.73. The third-order valence-electron chi connectivity index (χ3n) is 2.65. The van der Waals surface area contributed by atoms with Crippen molar-refractivity contribution in [3.63, 3.8) is 0 Å². The SMILES string of the molecule is CC1CC(CO)CN1CCCO. The molecule has 0 aromatic heterocycles. The Balaban J connectivity index is 2.25. The summed E-state index contributed by atoms with van der Waals surface area (Å²) in [6.07, 6.45) is 1.95. The summed E-state index contributed by atoms with van der Waals surface area (Å²) in [5.41, 5.74) is 0. The van der Waals surface area contributed by atoms with Crippen LogP contribution in [-0.2, 0) is 0 Å². The van der Waals surface area contributed by atoms with Crippen LogP contribution in [0.5, 0.6) is 0 Å². The molecule has 0 bridgehead atoms. The summed E-state index contributed by atoms with van der Waals surface area (Å²) in [6.45, 7) is 4.73. The number of likely N-dealkylation sites (tertiary alicyclic amines) is 1. The van der Waals surface area contributed by atoms with Crippen LogP contribution in [0.4, 0.5) is 0 Å². The van der Waals surface area contributed by atoms with Gasteiger partial charge in [-0.2, -0.15) is 0 Å². The van der Waals surface area contributed by atoms with Crippen molar-refractivity contribution < 1.29 is 10.2 Å². The Bertz CT molecular complexity index is 130. The fourth-order valence-electron chi connectivity index (χ4n) is 1.94. The van der Waals surface area contributed by atoms with E-state index in [4.69, 9.17) is 10.2 Å². The standard InChI is InChI=1S/C9H19NO2/c1-8-5-9(7-12)6-10(8)3-2-4-11/h8-9,11-12H,2-7H2,1H3. The number of hydrogen-bond acceptors (Lipinski definition) is 3. The van der Waals surface area contributed by atoms with Gasteiger partial charge in [0.1, 0.15) is 0 Å². The molecule has 1 fully saturated rings. The van der Waals surface area contributed by atoms with Crippen LogP contribution in [0, 0.1) is 5.92 Å². The van der Waals surface area contributed by atoms with Gasteiger partial charge in [0.2, 0.25) is 0 Å². The highest BCUT2D eigenvalue weighted by Crippen LogP contribution is 2.22. The molecular formula is C9H19NO2. The average Bonchev–Trinajstić information content (AvgIpc) is 2.43. The molecule has 2 unspecified atom stereocenters. The summed E-state index contributed by atoms with van der Waals surface area (Å²) in [4.78, 5) is 2.34. The van der Waals surface area contributed by atoms with Crippen LogP contribution in [0.25, 0.3) is 0 Å². The first-order chi connectivity index (χ1) is 5.77. The highest BCUT2D eigenvalue weighted by atomic mass is 16.3. The van der Waals surface area contributed by atoms with Gasteiger partial charge in [-0.15, -0.1) is 0 Å². The van der Waals surface area contributed by atoms with Gasteiger partial charge < -0.3 is 15.1 Å². The van der Waals surface area contributed by atoms with Crippen LogP contribution >= 0.6 is 0 Å². The lowest BCUT2D eigenvalue weighted by Crippen LogP contribution is -2.29. The van der Waals surface area contributed by atoms with Gasteiger partial charge in [-0.1, -0.05) is 0 Å². The Morgan fingerprint density at radius 1 is 1.42 bits per heavy atom. The highest BCUT2D eigenvalue weighted by molar-refractivity contribution is 4.81. The molecule has 2 atom stereocenters. The van der Waals surface area contributed by atoms with Crippen molar-refractivity contribution in [2.75, 3.05) is 26.3 Å². The molecule has 0 aromatic carbocycles. The Kier molecular flexibility index (Phi) is 3.98. The Morgan fingerprint density at radius 2 is 2.17 bits per heavy atom. The van der Waals surface area contributed by atoms with Crippen LogP contribution in [0.2, 0.25) is 0 Å². The molecule has 3 heteroatoms. The number of aliphatic hydroxyl groups excluding tert-OH is 2. The first kappa shape index (κ1) is 9.96. The zero-order valence-corrected chi connectivity index (χ0v) is 7.74. The minimum absolute atomic E-state index is 0.271. The van der Waals surface area contributed by atoms with Crippen molar-refractivity contribution in [1.29, 1.82) is 0 Å². The molecule has 1 aliphatic heterocycles. The summed E-state index contributed by atoms with van der Waals surface area (Å²) in [5, 5.41) is 17.6. The van der Waals surface area contributed by atoms with Gasteiger partial charge in [-0.25, -0.2) is 0 Å². The molecule has 0 amide bonds. The summed E-state index contributed by atoms with van der Waals surface area (Å²) in [6, 6.07) is 0.577. The normalized spacial score (nSPS) is 31.2. The average molecular weight is 173 g/mol. The van der Waals surface area contributed by atoms with E-state index in [0.29, 0.717) is 18.6 Å². The minimum Gasteiger partial charge on any atom is -0.396 e. The van der Waals surface area contributed by atoms with E-state index < -0.39 is 0 Å². The maximum Gasteiger partial charge on any atom is 0.0472 e. The van der Waals surface area contributed by atoms with E-state index in [1.54, 1.807) is 0 Å². The van der Waals surface area contributed by atoms with Crippen LogP contribution in [0.3, 0.4) is 0 Å². The van der Waals surface area contributed by atoms with Crippen LogP contribution < -0.4 is 0 Å². The third kappa shape index (κ3) is 2.44. The molecule has 0 aromatic rings. The molecule has 2 N–H and O–H groups in total. The molecule has 1 rings (SSSR count). The lowest BCUT2D eigenvalue weighted by atomic mass is 10.1. The van der Waals surface area contributed by atoms with Crippen LogP contribution in [0.15, 0.2) is 0 Å². The molecule has 0 spiro atoms. The Hall–Kier alpha value is -0.120. The molecule has 0 saturated carbocycles. The summed E-state index contributed by atoms with van der Waals surface area (Å²) < 4.78 is 0. The molecule has 3 nitrogen and oxygen atoms in total. The summed E-state index contributed by atoms with van der Waals surface area (Å²) >= 11 is 0. The molecular weight excluding hydrogens is 154 g/mol. The second-order valence-electron chi connectivity index (χ2n) is 3.71. The zero-order valence-electron chi connectivity index (χ0n) is 7.74. The molecule has 1 heterocycles. The van der Waals surface area contributed by atoms with Crippen LogP contribution in [-0.4, -0.2) is 47.5 Å². The van der Waals surface area contributed by atoms with E-state index >= 15 is 0 Å². The molecule has 72 valence electrons. The van der Waals surface area contributed by atoms with Crippen molar-refractivity contribution in [2.45, 2.75) is 25.8 Å². The van der Waals surface area contributed by atoms with Gasteiger partial charge in [0.15, 0.2) is 0 Å². The molecule has 0 radical (unpaired) electrons. The quantitative estimate of drug-likeness (QED) is 0.632. The monoisotopic (exact) mass is 173 g/mol. The number of hydrogen-bond donors (Lipinski definition) is 2. The predicted octanol–water partition coefficient (Wildman–Crippen LogP) is 0.0715.